The van der Waals surface area contributed by atoms with Gasteiger partial charge in [-0.1, -0.05) is 0 Å². The van der Waals surface area contributed by atoms with Gasteiger partial charge in [0.05, 0.1) is 11.6 Å². The van der Waals surface area contributed by atoms with Gasteiger partial charge < -0.3 is 0 Å². The molecule has 0 saturated heterocycles. The molecule has 2 aromatic heterocycles. The summed E-state index contributed by atoms with van der Waals surface area (Å²) in [5.41, 5.74) is 0.574. The Morgan fingerprint density at radius 3 is 2.67 bits per heavy atom. The van der Waals surface area contributed by atoms with Crippen LogP contribution in [0.4, 0.5) is 13.2 Å². The Bertz CT molecular complexity index is 850. The quantitative estimate of drug-likeness (QED) is 0.492. The normalized spacial score (nSPS) is 11.3. The molecule has 0 bridgehead atoms. The van der Waals surface area contributed by atoms with Gasteiger partial charge in [0.25, 0.3) is 0 Å². The van der Waals surface area contributed by atoms with E-state index in [4.69, 9.17) is 11.6 Å². The van der Waals surface area contributed by atoms with Crippen molar-refractivity contribution in [2.45, 2.75) is 5.88 Å². The van der Waals surface area contributed by atoms with Crippen molar-refractivity contribution >= 4 is 38.7 Å². The van der Waals surface area contributed by atoms with E-state index >= 15 is 0 Å². The molecular formula is C13H6BrClF3N3. The molecule has 0 spiro atoms. The zero-order valence-electron chi connectivity index (χ0n) is 10.2. The predicted molar refractivity (Wildman–Crippen MR) is 76.0 cm³/mol. The number of alkyl halides is 1. The van der Waals surface area contributed by atoms with Crippen LogP contribution in [0.25, 0.3) is 16.9 Å². The van der Waals surface area contributed by atoms with Gasteiger partial charge in [-0.15, -0.1) is 11.6 Å². The zero-order valence-corrected chi connectivity index (χ0v) is 12.6. The number of nitrogens with zero attached hydrogens (tertiary/aromatic N) is 3. The lowest BCUT2D eigenvalue weighted by atomic mass is 10.2. The second-order valence-electron chi connectivity index (χ2n) is 4.19. The molecule has 1 aromatic carbocycles. The summed E-state index contributed by atoms with van der Waals surface area (Å²) in [5, 5.41) is 0. The number of rotatable bonds is 2. The van der Waals surface area contributed by atoms with Crippen molar-refractivity contribution < 1.29 is 13.2 Å². The first kappa shape index (κ1) is 14.3. The Labute approximate surface area is 130 Å². The van der Waals surface area contributed by atoms with Crippen molar-refractivity contribution in [3.63, 3.8) is 0 Å². The summed E-state index contributed by atoms with van der Waals surface area (Å²) < 4.78 is 42.5. The Balaban J connectivity index is 2.36. The first-order valence-corrected chi connectivity index (χ1v) is 7.08. The van der Waals surface area contributed by atoms with Crippen molar-refractivity contribution in [1.29, 1.82) is 0 Å². The van der Waals surface area contributed by atoms with Crippen LogP contribution in [-0.2, 0) is 5.88 Å². The smallest absolute Gasteiger partial charge is 0.196 e. The lowest BCUT2D eigenvalue weighted by Crippen LogP contribution is -2.05. The highest BCUT2D eigenvalue weighted by molar-refractivity contribution is 9.10. The van der Waals surface area contributed by atoms with Crippen LogP contribution in [0, 0.1) is 17.5 Å². The minimum atomic E-state index is -1.55. The van der Waals surface area contributed by atoms with E-state index in [0.29, 0.717) is 15.6 Å². The summed E-state index contributed by atoms with van der Waals surface area (Å²) in [6, 6.07) is 3.64. The number of imidazole rings is 1. The number of aromatic nitrogens is 3. The van der Waals surface area contributed by atoms with Gasteiger partial charge in [-0.05, 0) is 34.1 Å². The molecule has 0 atom stereocenters. The van der Waals surface area contributed by atoms with E-state index < -0.39 is 17.5 Å². The van der Waals surface area contributed by atoms with E-state index in [1.807, 2.05) is 0 Å². The van der Waals surface area contributed by atoms with Gasteiger partial charge in [-0.3, -0.25) is 4.57 Å². The second-order valence-corrected chi connectivity index (χ2v) is 5.37. The monoisotopic (exact) mass is 375 g/mol. The maximum atomic E-state index is 14.0. The molecule has 0 amide bonds. The average Bonchev–Trinajstić information content (AvgIpc) is 2.82. The Kier molecular flexibility index (Phi) is 3.62. The topological polar surface area (TPSA) is 30.7 Å². The van der Waals surface area contributed by atoms with Gasteiger partial charge in [0.15, 0.2) is 23.1 Å². The zero-order chi connectivity index (χ0) is 15.1. The van der Waals surface area contributed by atoms with Gasteiger partial charge in [0, 0.05) is 10.7 Å². The van der Waals surface area contributed by atoms with Crippen LogP contribution < -0.4 is 0 Å². The molecule has 108 valence electrons. The molecular weight excluding hydrogens is 371 g/mol. The highest BCUT2D eigenvalue weighted by Gasteiger charge is 2.20. The van der Waals surface area contributed by atoms with Gasteiger partial charge in [0.2, 0.25) is 0 Å². The molecule has 3 aromatic rings. The summed E-state index contributed by atoms with van der Waals surface area (Å²) in [7, 11) is 0. The fourth-order valence-corrected chi connectivity index (χ4v) is 2.52. The number of fused-ring (bicyclic) bond motifs is 1. The Hall–Kier alpha value is -1.60. The van der Waals surface area contributed by atoms with E-state index in [-0.39, 0.29) is 17.4 Å². The Morgan fingerprint density at radius 2 is 1.95 bits per heavy atom. The van der Waals surface area contributed by atoms with Gasteiger partial charge in [0.1, 0.15) is 11.3 Å². The van der Waals surface area contributed by atoms with Gasteiger partial charge in [-0.25, -0.2) is 23.1 Å². The van der Waals surface area contributed by atoms with Crippen LogP contribution >= 0.6 is 27.5 Å². The third-order valence-electron chi connectivity index (χ3n) is 2.91. The molecule has 0 aliphatic carbocycles. The van der Waals surface area contributed by atoms with Crippen molar-refractivity contribution in [1.82, 2.24) is 14.5 Å². The lowest BCUT2D eigenvalue weighted by Gasteiger charge is -2.09. The van der Waals surface area contributed by atoms with Gasteiger partial charge >= 0.3 is 0 Å². The molecule has 3 nitrogen and oxygen atoms in total. The maximum absolute atomic E-state index is 14.0. The Morgan fingerprint density at radius 1 is 1.19 bits per heavy atom. The van der Waals surface area contributed by atoms with Crippen LogP contribution in [0.15, 0.2) is 28.9 Å². The number of halogens is 5. The molecule has 8 heteroatoms. The van der Waals surface area contributed by atoms with Crippen molar-refractivity contribution in [3.05, 3.63) is 52.1 Å². The average molecular weight is 377 g/mol. The van der Waals surface area contributed by atoms with E-state index in [1.54, 1.807) is 6.07 Å². The molecule has 0 saturated carbocycles. The SMILES string of the molecule is Fc1ccc(-n2c(CCl)nc3cc(Br)cnc32)c(F)c1F. The van der Waals surface area contributed by atoms with Gasteiger partial charge in [-0.2, -0.15) is 0 Å². The molecule has 0 N–H and O–H groups in total. The first-order valence-electron chi connectivity index (χ1n) is 5.75. The highest BCUT2D eigenvalue weighted by atomic mass is 79.9. The predicted octanol–water partition coefficient (Wildman–Crippen LogP) is 4.34. The van der Waals surface area contributed by atoms with Crippen molar-refractivity contribution in [2.24, 2.45) is 0 Å². The second kappa shape index (κ2) is 5.31. The number of pyridine rings is 1. The van der Waals surface area contributed by atoms with E-state index in [2.05, 4.69) is 25.9 Å². The molecule has 0 aliphatic rings. The summed E-state index contributed by atoms with van der Waals surface area (Å²) in [6.45, 7) is 0. The summed E-state index contributed by atoms with van der Waals surface area (Å²) in [4.78, 5) is 8.35. The number of benzene rings is 1. The van der Waals surface area contributed by atoms with E-state index in [9.17, 15) is 13.2 Å². The van der Waals surface area contributed by atoms with E-state index in [1.165, 1.54) is 10.8 Å². The minimum Gasteiger partial charge on any atom is -0.277 e. The fraction of sp³-hybridized carbons (Fsp3) is 0.0769. The lowest BCUT2D eigenvalue weighted by molar-refractivity contribution is 0.444. The van der Waals surface area contributed by atoms with Crippen molar-refractivity contribution in [2.75, 3.05) is 0 Å². The first-order chi connectivity index (χ1) is 10.0. The van der Waals surface area contributed by atoms with Crippen molar-refractivity contribution in [3.8, 4) is 5.69 Å². The summed E-state index contributed by atoms with van der Waals surface area (Å²) in [6.07, 6.45) is 1.50. The summed E-state index contributed by atoms with van der Waals surface area (Å²) in [5.74, 6) is -3.88. The third-order valence-corrected chi connectivity index (χ3v) is 3.58. The van der Waals surface area contributed by atoms with Crippen LogP contribution in [-0.4, -0.2) is 14.5 Å². The molecule has 3 rings (SSSR count). The van der Waals surface area contributed by atoms with Crippen LogP contribution in [0.5, 0.6) is 0 Å². The molecule has 0 aliphatic heterocycles. The third kappa shape index (κ3) is 2.30. The number of hydrogen-bond donors (Lipinski definition) is 0. The molecule has 2 heterocycles. The standard InChI is InChI=1S/C13H6BrClF3N3/c14-6-3-8-13(19-5-6)21(10(4-15)20-8)9-2-1-7(16)11(17)12(9)18/h1-3,5H,4H2. The fourth-order valence-electron chi connectivity index (χ4n) is 2.02. The number of hydrogen-bond acceptors (Lipinski definition) is 2. The maximum Gasteiger partial charge on any atom is 0.196 e. The molecule has 0 unspecified atom stereocenters. The summed E-state index contributed by atoms with van der Waals surface area (Å²) >= 11 is 9.06. The molecule has 21 heavy (non-hydrogen) atoms. The van der Waals surface area contributed by atoms with Crippen LogP contribution in [0.3, 0.4) is 0 Å². The minimum absolute atomic E-state index is 0.0353. The molecule has 0 fully saturated rings. The molecule has 0 radical (unpaired) electrons. The van der Waals surface area contributed by atoms with Crippen LogP contribution in [0.1, 0.15) is 5.82 Å². The largest absolute Gasteiger partial charge is 0.277 e. The van der Waals surface area contributed by atoms with Crippen LogP contribution in [0.2, 0.25) is 0 Å². The highest BCUT2D eigenvalue weighted by Crippen LogP contribution is 2.26. The van der Waals surface area contributed by atoms with E-state index in [0.717, 1.165) is 12.1 Å².